The van der Waals surface area contributed by atoms with Crippen molar-refractivity contribution < 1.29 is 32.5 Å². The molecule has 2 aromatic carbocycles. The highest BCUT2D eigenvalue weighted by Crippen LogP contribution is 2.46. The molecule has 3 nitrogen and oxygen atoms in total. The number of aliphatic hydroxyl groups is 2. The number of fused-ring (bicyclic) bond motifs is 4. The molecule has 6 atom stereocenters. The fourth-order valence-electron chi connectivity index (χ4n) is 7.05. The van der Waals surface area contributed by atoms with Gasteiger partial charge >= 0.3 is 0 Å². The van der Waals surface area contributed by atoms with Gasteiger partial charge < -0.3 is 14.9 Å². The van der Waals surface area contributed by atoms with Gasteiger partial charge in [-0.3, -0.25) is 0 Å². The molecular weight excluding hydrogens is 532 g/mol. The Hall–Kier alpha value is -1.96. The second-order valence-electron chi connectivity index (χ2n) is 12.4. The van der Waals surface area contributed by atoms with Gasteiger partial charge in [0.2, 0.25) is 0 Å². The Morgan fingerprint density at radius 2 is 1.44 bits per heavy atom. The highest BCUT2D eigenvalue weighted by Gasteiger charge is 2.39. The quantitative estimate of drug-likeness (QED) is 0.208. The molecule has 6 unspecified atom stereocenters. The SMILES string of the molecule is CCCCCC(CO)CC1Cc2cc(F)c(F)cc2C1O.CCCCCC1COC2c3cc(F)c(F)cc3CC2C1. The van der Waals surface area contributed by atoms with Crippen molar-refractivity contribution in [2.75, 3.05) is 13.2 Å². The lowest BCUT2D eigenvalue weighted by atomic mass is 9.85. The number of benzene rings is 2. The minimum Gasteiger partial charge on any atom is -0.396 e. The molecule has 1 saturated heterocycles. The van der Waals surface area contributed by atoms with Crippen LogP contribution in [0.3, 0.4) is 0 Å². The highest BCUT2D eigenvalue weighted by molar-refractivity contribution is 5.37. The lowest BCUT2D eigenvalue weighted by molar-refractivity contribution is -0.0521. The minimum absolute atomic E-state index is 0.0116. The molecule has 41 heavy (non-hydrogen) atoms. The smallest absolute Gasteiger partial charge is 0.159 e. The van der Waals surface area contributed by atoms with E-state index in [0.29, 0.717) is 35.8 Å². The van der Waals surface area contributed by atoms with E-state index in [1.54, 1.807) is 0 Å². The van der Waals surface area contributed by atoms with E-state index < -0.39 is 29.4 Å². The Labute approximate surface area is 242 Å². The van der Waals surface area contributed by atoms with E-state index in [9.17, 15) is 27.8 Å². The summed E-state index contributed by atoms with van der Waals surface area (Å²) in [5.41, 5.74) is 3.01. The van der Waals surface area contributed by atoms with Gasteiger partial charge in [0.1, 0.15) is 0 Å². The normalized spacial score (nSPS) is 25.2. The lowest BCUT2D eigenvalue weighted by Gasteiger charge is -2.32. The molecule has 3 aliphatic rings. The van der Waals surface area contributed by atoms with Crippen LogP contribution in [0.1, 0.15) is 113 Å². The van der Waals surface area contributed by atoms with Gasteiger partial charge in [0, 0.05) is 6.61 Å². The van der Waals surface area contributed by atoms with Crippen LogP contribution in [-0.2, 0) is 17.6 Å². The summed E-state index contributed by atoms with van der Waals surface area (Å²) in [6, 6.07) is 5.00. The number of hydrogen-bond donors (Lipinski definition) is 2. The molecule has 1 fully saturated rings. The number of ether oxygens (including phenoxy) is 1. The van der Waals surface area contributed by atoms with Crippen LogP contribution in [0.4, 0.5) is 17.6 Å². The second kappa shape index (κ2) is 15.0. The van der Waals surface area contributed by atoms with Gasteiger partial charge in [-0.05, 0) is 109 Å². The first-order valence-electron chi connectivity index (χ1n) is 15.6. The number of rotatable bonds is 11. The molecular formula is C34H46F4O3. The molecule has 0 aromatic heterocycles. The highest BCUT2D eigenvalue weighted by atomic mass is 19.2. The van der Waals surface area contributed by atoms with E-state index in [4.69, 9.17) is 4.74 Å². The molecule has 228 valence electrons. The molecule has 2 aromatic rings. The van der Waals surface area contributed by atoms with Crippen LogP contribution in [0, 0.1) is 46.9 Å². The standard InChI is InChI=1S/C17H24F2O2.C17H22F2O/c1-2-3-4-5-11(10-20)6-13-7-12-8-15(18)16(19)9-14(12)17(13)21;1-2-3-4-5-11-6-13-7-12-8-15(18)16(19)9-14(12)17(13)20-10-11/h8-9,11,13,17,20-21H,2-7,10H2,1H3;8-9,11,13,17H,2-7,10H2,1H3. The Kier molecular flexibility index (Phi) is 11.7. The molecule has 2 N–H and O–H groups in total. The second-order valence-corrected chi connectivity index (χ2v) is 12.4. The molecule has 0 saturated carbocycles. The zero-order valence-corrected chi connectivity index (χ0v) is 24.5. The Bertz CT molecular complexity index is 1140. The van der Waals surface area contributed by atoms with Crippen LogP contribution in [0.15, 0.2) is 24.3 Å². The van der Waals surface area contributed by atoms with Gasteiger partial charge in [0.25, 0.3) is 0 Å². The lowest BCUT2D eigenvalue weighted by Crippen LogP contribution is -2.26. The van der Waals surface area contributed by atoms with Gasteiger partial charge in [-0.25, -0.2) is 17.6 Å². The van der Waals surface area contributed by atoms with Crippen LogP contribution in [-0.4, -0.2) is 23.4 Å². The predicted octanol–water partition coefficient (Wildman–Crippen LogP) is 8.54. The molecule has 5 rings (SSSR count). The van der Waals surface area contributed by atoms with E-state index in [1.165, 1.54) is 43.9 Å². The summed E-state index contributed by atoms with van der Waals surface area (Å²) in [5, 5.41) is 19.8. The molecule has 0 spiro atoms. The van der Waals surface area contributed by atoms with Gasteiger partial charge in [-0.15, -0.1) is 0 Å². The zero-order chi connectivity index (χ0) is 29.5. The van der Waals surface area contributed by atoms with Crippen molar-refractivity contribution >= 4 is 0 Å². The van der Waals surface area contributed by atoms with Crippen molar-refractivity contribution in [3.05, 3.63) is 69.8 Å². The monoisotopic (exact) mass is 578 g/mol. The van der Waals surface area contributed by atoms with Crippen molar-refractivity contribution in [1.82, 2.24) is 0 Å². The van der Waals surface area contributed by atoms with Crippen molar-refractivity contribution in [3.63, 3.8) is 0 Å². The van der Waals surface area contributed by atoms with E-state index in [-0.39, 0.29) is 24.5 Å². The maximum atomic E-state index is 13.4. The van der Waals surface area contributed by atoms with E-state index >= 15 is 0 Å². The van der Waals surface area contributed by atoms with Gasteiger partial charge in [-0.1, -0.05) is 52.4 Å². The molecule has 0 amide bonds. The van der Waals surface area contributed by atoms with Crippen molar-refractivity contribution in [2.45, 2.75) is 103 Å². The first kappa shape index (κ1) is 32.0. The fraction of sp³-hybridized carbons (Fsp3) is 0.647. The minimum atomic E-state index is -0.907. The molecule has 7 heteroatoms. The predicted molar refractivity (Wildman–Crippen MR) is 152 cm³/mol. The number of halogens is 4. The molecule has 1 aliphatic heterocycles. The average Bonchev–Trinajstić information content (AvgIpc) is 3.44. The third-order valence-corrected chi connectivity index (χ3v) is 9.30. The third-order valence-electron chi connectivity index (χ3n) is 9.30. The Morgan fingerprint density at radius 1 is 0.829 bits per heavy atom. The molecule has 1 heterocycles. The van der Waals surface area contributed by atoms with E-state index in [2.05, 4.69) is 13.8 Å². The summed E-state index contributed by atoms with van der Waals surface area (Å²) in [5.74, 6) is -2.13. The summed E-state index contributed by atoms with van der Waals surface area (Å²) < 4.78 is 59.2. The largest absolute Gasteiger partial charge is 0.396 e. The number of unbranched alkanes of at least 4 members (excludes halogenated alkanes) is 4. The first-order chi connectivity index (χ1) is 19.7. The van der Waals surface area contributed by atoms with Crippen molar-refractivity contribution in [2.24, 2.45) is 23.7 Å². The number of hydrogen-bond acceptors (Lipinski definition) is 3. The van der Waals surface area contributed by atoms with Crippen molar-refractivity contribution in [3.8, 4) is 0 Å². The average molecular weight is 579 g/mol. The Morgan fingerprint density at radius 3 is 2.10 bits per heavy atom. The van der Waals surface area contributed by atoms with Gasteiger partial charge in [0.15, 0.2) is 23.3 Å². The summed E-state index contributed by atoms with van der Waals surface area (Å²) in [6.07, 6.45) is 11.7. The van der Waals surface area contributed by atoms with Gasteiger partial charge in [0.05, 0.1) is 18.8 Å². The van der Waals surface area contributed by atoms with E-state index in [0.717, 1.165) is 62.3 Å². The van der Waals surface area contributed by atoms with Crippen LogP contribution in [0.5, 0.6) is 0 Å². The molecule has 0 bridgehead atoms. The van der Waals surface area contributed by atoms with Crippen LogP contribution < -0.4 is 0 Å². The summed E-state index contributed by atoms with van der Waals surface area (Å²) in [7, 11) is 0. The van der Waals surface area contributed by atoms with Crippen molar-refractivity contribution in [1.29, 1.82) is 0 Å². The summed E-state index contributed by atoms with van der Waals surface area (Å²) in [6.45, 7) is 5.22. The maximum Gasteiger partial charge on any atom is 0.159 e. The molecule has 2 aliphatic carbocycles. The topological polar surface area (TPSA) is 49.7 Å². The van der Waals surface area contributed by atoms with Crippen LogP contribution in [0.2, 0.25) is 0 Å². The molecule has 0 radical (unpaired) electrons. The zero-order valence-electron chi connectivity index (χ0n) is 24.5. The van der Waals surface area contributed by atoms with Gasteiger partial charge in [-0.2, -0.15) is 0 Å². The van der Waals surface area contributed by atoms with Crippen LogP contribution >= 0.6 is 0 Å². The summed E-state index contributed by atoms with van der Waals surface area (Å²) >= 11 is 0. The third kappa shape index (κ3) is 7.91. The fourth-order valence-corrected chi connectivity index (χ4v) is 7.05. The van der Waals surface area contributed by atoms with E-state index in [1.807, 2.05) is 0 Å². The number of aliphatic hydroxyl groups excluding tert-OH is 2. The maximum absolute atomic E-state index is 13.4. The van der Waals surface area contributed by atoms with Crippen LogP contribution in [0.25, 0.3) is 0 Å². The summed E-state index contributed by atoms with van der Waals surface area (Å²) in [4.78, 5) is 0. The Balaban J connectivity index is 0.000000189. The first-order valence-corrected chi connectivity index (χ1v) is 15.6.